The lowest BCUT2D eigenvalue weighted by Crippen LogP contribution is -2.32. The monoisotopic (exact) mass is 2180 g/mol. The largest absolute Gasteiger partial charge is 0.426 e. The maximum absolute atomic E-state index is 12.2. The van der Waals surface area contributed by atoms with Crippen LogP contribution in [0.4, 0.5) is 0 Å². The van der Waals surface area contributed by atoms with E-state index in [9.17, 15) is 37.2 Å². The molecule has 6 aliphatic heterocycles. The molecule has 0 amide bonds. The number of thioether (sulfide) groups is 1. The fraction of sp³-hybridized carbons (Fsp3) is 0.413. The zero-order chi connectivity index (χ0) is 86.6. The fourth-order valence-electron chi connectivity index (χ4n) is 13.4. The molecule has 9 aromatic rings. The number of rotatable bonds is 18. The molecule has 6 aliphatic rings. The zero-order valence-electron chi connectivity index (χ0n) is 68.9. The van der Waals surface area contributed by atoms with E-state index in [1.165, 1.54) is 150 Å². The molecule has 6 heterocycles. The molecule has 121 heavy (non-hydrogen) atoms. The lowest BCUT2D eigenvalue weighted by Gasteiger charge is -2.17. The lowest BCUT2D eigenvalue weighted by atomic mass is 10.1. The third-order valence-corrected chi connectivity index (χ3v) is 40.4. The summed E-state index contributed by atoms with van der Waals surface area (Å²) in [5.41, 5.74) is 0. The Bertz CT molecular complexity index is 4920. The van der Waals surface area contributed by atoms with Crippen molar-refractivity contribution < 1.29 is 70.3 Å². The number of alkyl halides is 6. The third-order valence-electron chi connectivity index (χ3n) is 19.9. The van der Waals surface area contributed by atoms with Crippen LogP contribution in [0.25, 0.3) is 32.3 Å². The molecule has 15 rings (SSSR count). The molecule has 6 saturated heterocycles. The van der Waals surface area contributed by atoms with Crippen molar-refractivity contribution in [2.45, 2.75) is 146 Å². The summed E-state index contributed by atoms with van der Waals surface area (Å²) in [5.74, 6) is 19.1. The Morgan fingerprint density at radius 3 is 1.08 bits per heavy atom. The normalized spacial score (nSPS) is 17.7. The highest BCUT2D eigenvalue weighted by molar-refractivity contribution is 9.10. The smallest absolute Gasteiger partial charge is 0.327 e. The van der Waals surface area contributed by atoms with Crippen LogP contribution in [0.2, 0.25) is 0 Å². The Morgan fingerprint density at radius 1 is 0.372 bits per heavy atom. The maximum Gasteiger partial charge on any atom is 0.327 e. The van der Waals surface area contributed by atoms with Gasteiger partial charge in [0.2, 0.25) is 0 Å². The quantitative estimate of drug-likeness (QED) is 0.0339. The molecular formula is C92H106Br6O15S8+6. The number of hydrogen-bond acceptors (Lipinski definition) is 16. The van der Waals surface area contributed by atoms with Crippen LogP contribution in [0.15, 0.2) is 211 Å². The molecule has 0 spiro atoms. The molecule has 6 fully saturated rings. The summed E-state index contributed by atoms with van der Waals surface area (Å²) in [5, 5.41) is 7.03. The summed E-state index contributed by atoms with van der Waals surface area (Å²) in [4.78, 5) is 76.8. The maximum atomic E-state index is 12.2. The highest BCUT2D eigenvalue weighted by Crippen LogP contribution is 2.39. The van der Waals surface area contributed by atoms with Crippen LogP contribution < -0.4 is 28.4 Å². The van der Waals surface area contributed by atoms with Crippen LogP contribution in [0.5, 0.6) is 34.5 Å². The minimum absolute atomic E-state index is 0.0133. The third kappa shape index (κ3) is 30.8. The minimum atomic E-state index is -2.82. The van der Waals surface area contributed by atoms with Gasteiger partial charge in [0, 0.05) is 109 Å². The van der Waals surface area contributed by atoms with Gasteiger partial charge in [-0.1, -0.05) is 150 Å². The van der Waals surface area contributed by atoms with Crippen molar-refractivity contribution in [1.29, 1.82) is 0 Å². The van der Waals surface area contributed by atoms with Gasteiger partial charge in [0.1, 0.15) is 132 Å². The number of esters is 6. The summed E-state index contributed by atoms with van der Waals surface area (Å²) in [6.07, 6.45) is 10.7. The fourth-order valence-corrected chi connectivity index (χ4v) is 32.3. The lowest BCUT2D eigenvalue weighted by molar-refractivity contribution is -0.136. The standard InChI is InChI=1S/C19H22BrO2S.C18H20BrO2S.C16H16BrO2S.C13H16BrO4S2.C13H16BrO3S.C13H16BrO2S2/c1-19(2,20)18(21)22-16-10-6-9-15-14(16)8-7-11-17(15)23-12-4-3-5-13-23;1-13(19)18(20)21-16-9-10-17(22-11-5-2-6-12-22)15-8-4-3-7-14(15)16;17-11-16(18)19-14-7-8-15(20-9-3-4-10-20)13-6-2-1-5-12(13)14;1-10(14)13(15)18-11-2-4-12(5-3-11)19-6-8-20(16,17)9-7-19;1-10(14)13(15)17-11-2-4-12(5-3-11)18-8-6-16-7-9-18;1-10(14)13(15)16-11-2-4-12(5-3-11)18-8-6-17-7-9-18/h6-11H,3-5,12-13H2,1-2H3;3-4,7-10,13H,2,5-6,11-12H2,1H3;1-2,5-8H,3-4,9-11H2;2-5,10H,6-9H2,1H3;2*2-5,10H,6-9H2,1H3/q6*+1. The van der Waals surface area contributed by atoms with Crippen molar-refractivity contribution in [2.24, 2.45) is 0 Å². The summed E-state index contributed by atoms with van der Waals surface area (Å²) >= 11 is 21.3. The first-order chi connectivity index (χ1) is 58.1. The van der Waals surface area contributed by atoms with Gasteiger partial charge >= 0.3 is 35.8 Å². The van der Waals surface area contributed by atoms with E-state index < -0.39 is 14.2 Å². The average Bonchev–Trinajstić information content (AvgIpc) is 1.41. The van der Waals surface area contributed by atoms with Gasteiger partial charge in [0.15, 0.2) is 39.2 Å². The van der Waals surface area contributed by atoms with Crippen LogP contribution in [0, 0.1) is 0 Å². The minimum Gasteiger partial charge on any atom is -0.426 e. The van der Waals surface area contributed by atoms with Crippen molar-refractivity contribution in [3.05, 3.63) is 182 Å². The molecule has 0 radical (unpaired) electrons. The van der Waals surface area contributed by atoms with E-state index in [-0.39, 0.29) is 93.8 Å². The van der Waals surface area contributed by atoms with E-state index in [0.29, 0.717) is 89.6 Å². The van der Waals surface area contributed by atoms with Crippen molar-refractivity contribution in [3.63, 3.8) is 0 Å². The molecule has 4 unspecified atom stereocenters. The summed E-state index contributed by atoms with van der Waals surface area (Å²) in [7, 11) is -1.13. The van der Waals surface area contributed by atoms with Gasteiger partial charge in [-0.2, -0.15) is 11.8 Å². The first kappa shape index (κ1) is 99.0. The molecule has 9 aromatic carbocycles. The first-order valence-corrected chi connectivity index (χ1v) is 58.4. The number of hydrogen-bond donors (Lipinski definition) is 0. The second-order valence-electron chi connectivity index (χ2n) is 29.5. The van der Waals surface area contributed by atoms with Gasteiger partial charge in [0.25, 0.3) is 0 Å². The van der Waals surface area contributed by atoms with E-state index in [4.69, 9.17) is 33.2 Å². The van der Waals surface area contributed by atoms with Crippen molar-refractivity contribution in [3.8, 4) is 34.5 Å². The summed E-state index contributed by atoms with van der Waals surface area (Å²) in [6.45, 7) is 12.3. The summed E-state index contributed by atoms with van der Waals surface area (Å²) < 4.78 is 59.7. The topological polar surface area (TPSA) is 201 Å². The number of carbonyl (C=O) groups excluding carboxylic acids is 6. The van der Waals surface area contributed by atoms with E-state index >= 15 is 0 Å². The van der Waals surface area contributed by atoms with E-state index in [1.54, 1.807) is 53.7 Å². The van der Waals surface area contributed by atoms with Gasteiger partial charge in [-0.05, 0) is 220 Å². The van der Waals surface area contributed by atoms with Gasteiger partial charge in [0.05, 0.1) is 24.7 Å². The Kier molecular flexibility index (Phi) is 40.9. The van der Waals surface area contributed by atoms with Crippen molar-refractivity contribution >= 4 is 251 Å². The number of ether oxygens (including phenoxy) is 7. The van der Waals surface area contributed by atoms with Crippen molar-refractivity contribution in [2.75, 3.05) is 111 Å². The van der Waals surface area contributed by atoms with E-state index in [2.05, 4.69) is 181 Å². The van der Waals surface area contributed by atoms with E-state index in [1.807, 2.05) is 96.7 Å². The number of sulfone groups is 1. The van der Waals surface area contributed by atoms with Crippen LogP contribution in [-0.2, 0) is 109 Å². The predicted molar refractivity (Wildman–Crippen MR) is 531 cm³/mol. The molecule has 15 nitrogen and oxygen atoms in total. The van der Waals surface area contributed by atoms with Crippen LogP contribution in [-0.4, -0.2) is 178 Å². The Morgan fingerprint density at radius 2 is 0.694 bits per heavy atom. The summed E-state index contributed by atoms with van der Waals surface area (Å²) in [6, 6.07) is 60.3. The van der Waals surface area contributed by atoms with Crippen molar-refractivity contribution in [1.82, 2.24) is 0 Å². The van der Waals surface area contributed by atoms with E-state index in [0.717, 1.165) is 45.8 Å². The highest BCUT2D eigenvalue weighted by Gasteiger charge is 2.36. The number of halogens is 6. The number of benzene rings is 9. The molecule has 0 aromatic heterocycles. The molecule has 29 heteroatoms. The van der Waals surface area contributed by atoms with Crippen LogP contribution >= 0.6 is 107 Å². The van der Waals surface area contributed by atoms with Crippen LogP contribution in [0.3, 0.4) is 0 Å². The van der Waals surface area contributed by atoms with Crippen LogP contribution in [0.1, 0.15) is 92.9 Å². The molecule has 0 saturated carbocycles. The Balaban J connectivity index is 0.000000153. The van der Waals surface area contributed by atoms with Gasteiger partial charge in [-0.3, -0.25) is 28.8 Å². The first-order valence-electron chi connectivity index (χ1n) is 40.5. The van der Waals surface area contributed by atoms with Gasteiger partial charge in [-0.15, -0.1) is 0 Å². The van der Waals surface area contributed by atoms with Gasteiger partial charge in [-0.25, -0.2) is 8.42 Å². The highest BCUT2D eigenvalue weighted by atomic mass is 79.9. The van der Waals surface area contributed by atoms with Gasteiger partial charge < -0.3 is 33.2 Å². The Labute approximate surface area is 785 Å². The number of carbonyl (C=O) groups is 6. The average molecular weight is 2190 g/mol. The number of fused-ring (bicyclic) bond motifs is 3. The molecule has 4 atom stereocenters. The molecule has 0 N–H and O–H groups in total. The second kappa shape index (κ2) is 50.0. The molecule has 0 bridgehead atoms. The molecule has 0 aliphatic carbocycles. The molecular weight excluding hydrogens is 2080 g/mol. The Hall–Kier alpha value is -4.18. The second-order valence-corrected chi connectivity index (χ2v) is 54.6. The zero-order valence-corrected chi connectivity index (χ0v) is 84.9. The predicted octanol–water partition coefficient (Wildman–Crippen LogP) is 20.9. The molecule has 648 valence electrons. The SMILES string of the molecule is CC(Br)C(=O)Oc1ccc([S+]2CCCCC2)c2ccccc12.CC(Br)C(=O)Oc1ccc([S+]2CCOCC2)cc1.CC(Br)C(=O)Oc1ccc([S+]2CCS(=O)(=O)CC2)cc1.CC(Br)C(=O)Oc1ccc([S+]2CCSCC2)cc1.CC(C)(Br)C(=O)Oc1cccc2c([S+]3CCCCC3)cccc12.O=C(CBr)Oc1ccc([S+]2CCCC2)c2ccccc12.